The van der Waals surface area contributed by atoms with Crippen molar-refractivity contribution in [2.75, 3.05) is 5.75 Å². The lowest BCUT2D eigenvalue weighted by Gasteiger charge is -2.48. The van der Waals surface area contributed by atoms with Gasteiger partial charge in [-0.2, -0.15) is 0 Å². The first kappa shape index (κ1) is 17.3. The predicted octanol–water partition coefficient (Wildman–Crippen LogP) is 3.58. The molecule has 0 radical (unpaired) electrons. The molecule has 0 amide bonds. The molecule has 5 nitrogen and oxygen atoms in total. The van der Waals surface area contributed by atoms with Gasteiger partial charge < -0.3 is 15.6 Å². The molecule has 140 valence electrons. The van der Waals surface area contributed by atoms with Crippen molar-refractivity contribution in [3.8, 4) is 16.9 Å². The second kappa shape index (κ2) is 6.40. The number of benzene rings is 1. The number of hydrogen-bond acceptors (Lipinski definition) is 6. The number of amidine groups is 1. The van der Waals surface area contributed by atoms with Crippen LogP contribution in [0.3, 0.4) is 0 Å². The summed E-state index contributed by atoms with van der Waals surface area (Å²) >= 11 is 7.71. The lowest BCUT2D eigenvalue weighted by atomic mass is 9.68. The second-order valence-electron chi connectivity index (χ2n) is 7.50. The van der Waals surface area contributed by atoms with Crippen LogP contribution in [0, 0.1) is 5.92 Å². The van der Waals surface area contributed by atoms with E-state index >= 15 is 0 Å². The van der Waals surface area contributed by atoms with Gasteiger partial charge in [-0.3, -0.25) is 4.98 Å². The Morgan fingerprint density at radius 2 is 2.11 bits per heavy atom. The molecular formula is C20H20ClN3O2S. The van der Waals surface area contributed by atoms with E-state index < -0.39 is 5.54 Å². The van der Waals surface area contributed by atoms with Crippen LogP contribution in [0.1, 0.15) is 24.8 Å². The Balaban J connectivity index is 1.66. The van der Waals surface area contributed by atoms with Crippen molar-refractivity contribution in [3.05, 3.63) is 47.2 Å². The van der Waals surface area contributed by atoms with Gasteiger partial charge >= 0.3 is 0 Å². The molecule has 1 spiro atoms. The number of rotatable bonds is 1. The summed E-state index contributed by atoms with van der Waals surface area (Å²) in [5, 5.41) is 11.5. The monoisotopic (exact) mass is 401 g/mol. The molecule has 27 heavy (non-hydrogen) atoms. The molecule has 0 bridgehead atoms. The second-order valence-corrected chi connectivity index (χ2v) is 8.93. The van der Waals surface area contributed by atoms with E-state index in [1.165, 1.54) is 0 Å². The van der Waals surface area contributed by atoms with Crippen LogP contribution in [0.2, 0.25) is 5.02 Å². The van der Waals surface area contributed by atoms with Gasteiger partial charge in [0.05, 0.1) is 11.1 Å². The number of thioether (sulfide) groups is 1. The number of hydrogen-bond donors (Lipinski definition) is 2. The fourth-order valence-electron chi connectivity index (χ4n) is 4.62. The van der Waals surface area contributed by atoms with Crippen molar-refractivity contribution in [2.45, 2.75) is 37.0 Å². The molecule has 0 unspecified atom stereocenters. The van der Waals surface area contributed by atoms with Gasteiger partial charge in [0.15, 0.2) is 5.17 Å². The molecule has 3 aliphatic rings. The van der Waals surface area contributed by atoms with E-state index in [9.17, 15) is 5.11 Å². The Bertz CT molecular complexity index is 937. The SMILES string of the molecule is NC1=N[C@@]2(CS1)c1cc(-c3cncc(Cl)c3)ccc1O[C@H]1CC[C@H](O)C[C@@H]12. The van der Waals surface area contributed by atoms with E-state index in [1.54, 1.807) is 24.2 Å². The molecule has 1 aromatic carbocycles. The minimum atomic E-state index is -0.448. The first-order chi connectivity index (χ1) is 13.0. The summed E-state index contributed by atoms with van der Waals surface area (Å²) in [7, 11) is 0. The molecule has 1 fully saturated rings. The fourth-order valence-corrected chi connectivity index (χ4v) is 5.82. The average Bonchev–Trinajstić information content (AvgIpc) is 3.05. The third-order valence-electron chi connectivity index (χ3n) is 5.88. The highest BCUT2D eigenvalue weighted by Crippen LogP contribution is 2.54. The number of nitrogens with zero attached hydrogens (tertiary/aromatic N) is 2. The lowest BCUT2D eigenvalue weighted by molar-refractivity contribution is -0.0236. The van der Waals surface area contributed by atoms with Crippen LogP contribution in [0.4, 0.5) is 0 Å². The largest absolute Gasteiger partial charge is 0.490 e. The molecule has 1 aliphatic carbocycles. The third kappa shape index (κ3) is 2.82. The third-order valence-corrected chi connectivity index (χ3v) is 7.06. The van der Waals surface area contributed by atoms with Crippen LogP contribution in [-0.4, -0.2) is 33.2 Å². The van der Waals surface area contributed by atoms with Gasteiger partial charge in [0.1, 0.15) is 17.4 Å². The van der Waals surface area contributed by atoms with Crippen LogP contribution >= 0.6 is 23.4 Å². The summed E-state index contributed by atoms with van der Waals surface area (Å²) in [5.41, 5.74) is 8.68. The first-order valence-electron chi connectivity index (χ1n) is 9.13. The Morgan fingerprint density at radius 1 is 1.22 bits per heavy atom. The normalized spacial score (nSPS) is 31.8. The zero-order chi connectivity index (χ0) is 18.6. The van der Waals surface area contributed by atoms with Crippen LogP contribution < -0.4 is 10.5 Å². The molecule has 7 heteroatoms. The van der Waals surface area contributed by atoms with Crippen LogP contribution in [0.25, 0.3) is 11.1 Å². The Kier molecular flexibility index (Phi) is 4.11. The Labute approximate surface area is 167 Å². The molecule has 0 saturated heterocycles. The topological polar surface area (TPSA) is 80.7 Å². The lowest BCUT2D eigenvalue weighted by Crippen LogP contribution is -2.51. The number of aromatic nitrogens is 1. The van der Waals surface area contributed by atoms with Crippen molar-refractivity contribution in [1.82, 2.24) is 4.98 Å². The summed E-state index contributed by atoms with van der Waals surface area (Å²) < 4.78 is 6.35. The quantitative estimate of drug-likeness (QED) is 0.763. The molecule has 5 rings (SSSR count). The summed E-state index contributed by atoms with van der Waals surface area (Å²) in [6.45, 7) is 0. The summed E-state index contributed by atoms with van der Waals surface area (Å²) in [6.07, 6.45) is 5.48. The predicted molar refractivity (Wildman–Crippen MR) is 108 cm³/mol. The van der Waals surface area contributed by atoms with Crippen molar-refractivity contribution in [2.24, 2.45) is 16.6 Å². The summed E-state index contributed by atoms with van der Waals surface area (Å²) in [6, 6.07) is 8.08. The van der Waals surface area contributed by atoms with E-state index in [1.807, 2.05) is 18.2 Å². The average molecular weight is 402 g/mol. The van der Waals surface area contributed by atoms with Crippen molar-refractivity contribution < 1.29 is 9.84 Å². The zero-order valence-corrected chi connectivity index (χ0v) is 16.2. The number of aliphatic hydroxyl groups excluding tert-OH is 1. The highest BCUT2D eigenvalue weighted by Gasteiger charge is 2.54. The van der Waals surface area contributed by atoms with E-state index in [0.29, 0.717) is 16.6 Å². The van der Waals surface area contributed by atoms with Crippen molar-refractivity contribution >= 4 is 28.5 Å². The summed E-state index contributed by atoms with van der Waals surface area (Å²) in [4.78, 5) is 9.12. The van der Waals surface area contributed by atoms with E-state index in [0.717, 1.165) is 41.0 Å². The zero-order valence-electron chi connectivity index (χ0n) is 14.6. The first-order valence-corrected chi connectivity index (χ1v) is 10.5. The number of fused-ring (bicyclic) bond motifs is 4. The Morgan fingerprint density at radius 3 is 2.89 bits per heavy atom. The molecule has 2 aliphatic heterocycles. The highest BCUT2D eigenvalue weighted by atomic mass is 35.5. The van der Waals surface area contributed by atoms with Crippen molar-refractivity contribution in [1.29, 1.82) is 0 Å². The Hall–Kier alpha value is -1.76. The molecule has 3 N–H and O–H groups in total. The smallest absolute Gasteiger partial charge is 0.154 e. The van der Waals surface area contributed by atoms with Gasteiger partial charge in [0, 0.05) is 35.2 Å². The fraction of sp³-hybridized carbons (Fsp3) is 0.400. The van der Waals surface area contributed by atoms with Crippen LogP contribution in [-0.2, 0) is 5.54 Å². The number of pyridine rings is 1. The number of aliphatic hydroxyl groups is 1. The number of aliphatic imine (C=N–C) groups is 1. The minimum absolute atomic E-state index is 0.0647. The van der Waals surface area contributed by atoms with Gasteiger partial charge in [-0.1, -0.05) is 29.4 Å². The van der Waals surface area contributed by atoms with Gasteiger partial charge in [0.2, 0.25) is 0 Å². The molecule has 3 heterocycles. The molecule has 4 atom stereocenters. The van der Waals surface area contributed by atoms with Crippen molar-refractivity contribution in [3.63, 3.8) is 0 Å². The summed E-state index contributed by atoms with van der Waals surface area (Å²) in [5.74, 6) is 1.76. The van der Waals surface area contributed by atoms with Gasteiger partial charge in [-0.15, -0.1) is 0 Å². The minimum Gasteiger partial charge on any atom is -0.490 e. The van der Waals surface area contributed by atoms with Crippen LogP contribution in [0.15, 0.2) is 41.7 Å². The van der Waals surface area contributed by atoms with E-state index in [2.05, 4.69) is 11.1 Å². The number of nitrogens with two attached hydrogens (primary N) is 1. The van der Waals surface area contributed by atoms with E-state index in [4.69, 9.17) is 27.1 Å². The van der Waals surface area contributed by atoms with Gasteiger partial charge in [-0.25, -0.2) is 4.99 Å². The van der Waals surface area contributed by atoms with E-state index in [-0.39, 0.29) is 18.1 Å². The maximum atomic E-state index is 10.3. The standard InChI is InChI=1S/C20H20ClN3O2S/c21-13-5-12(8-23-9-13)11-1-3-17-15(6-11)20(10-27-19(22)24-20)16-7-14(25)2-4-18(16)26-17/h1,3,5-6,8-9,14,16,18,25H,2,4,7,10H2,(H2,22,24)/t14-,16-,18-,20-/m0/s1. The van der Waals surface area contributed by atoms with Crippen LogP contribution in [0.5, 0.6) is 5.75 Å². The molecule has 2 aromatic rings. The molecular weight excluding hydrogens is 382 g/mol. The molecule has 1 aromatic heterocycles. The number of ether oxygens (including phenoxy) is 1. The maximum Gasteiger partial charge on any atom is 0.154 e. The molecule has 1 saturated carbocycles. The maximum absolute atomic E-state index is 10.3. The van der Waals surface area contributed by atoms with Gasteiger partial charge in [-0.05, 0) is 43.0 Å². The highest BCUT2D eigenvalue weighted by molar-refractivity contribution is 8.14. The van der Waals surface area contributed by atoms with Gasteiger partial charge in [0.25, 0.3) is 0 Å². The number of halogens is 1.